The molecule has 1 heterocycles. The van der Waals surface area contributed by atoms with E-state index in [0.717, 1.165) is 0 Å². The molecule has 0 aliphatic rings. The van der Waals surface area contributed by atoms with Crippen LogP contribution in [0.3, 0.4) is 0 Å². The molecule has 0 radical (unpaired) electrons. The van der Waals surface area contributed by atoms with Gasteiger partial charge in [0.2, 0.25) is 0 Å². The van der Waals surface area contributed by atoms with E-state index in [2.05, 4.69) is 0 Å². The van der Waals surface area contributed by atoms with Crippen LogP contribution >= 0.6 is 12.2 Å². The van der Waals surface area contributed by atoms with Crippen molar-refractivity contribution in [1.82, 2.24) is 4.57 Å². The van der Waals surface area contributed by atoms with Gasteiger partial charge >= 0.3 is 0 Å². The molecule has 0 amide bonds. The predicted molar refractivity (Wildman–Crippen MR) is 77.6 cm³/mol. The molecule has 0 spiro atoms. The fraction of sp³-hybridized carbons (Fsp3) is 0.0714. The minimum absolute atomic E-state index is 0.00658. The van der Waals surface area contributed by atoms with E-state index in [4.69, 9.17) is 23.2 Å². The largest absolute Gasteiger partial charge is 0.392 e. The number of hydrogen-bond acceptors (Lipinski definition) is 3. The molecule has 2 aromatic rings. The fourth-order valence-corrected chi connectivity index (χ4v) is 1.98. The van der Waals surface area contributed by atoms with E-state index in [1.54, 1.807) is 18.2 Å². The van der Waals surface area contributed by atoms with Gasteiger partial charge < -0.3 is 10.3 Å². The summed E-state index contributed by atoms with van der Waals surface area (Å²) in [6.45, 7) is 0.0242. The highest BCUT2D eigenvalue weighted by Crippen LogP contribution is 2.18. The van der Waals surface area contributed by atoms with Gasteiger partial charge in [0.25, 0.3) is 5.56 Å². The van der Waals surface area contributed by atoms with Crippen LogP contribution < -0.4 is 11.3 Å². The zero-order valence-corrected chi connectivity index (χ0v) is 11.2. The molecule has 0 fully saturated rings. The maximum Gasteiger partial charge on any atom is 0.269 e. The molecule has 100 valence electrons. The zero-order valence-electron chi connectivity index (χ0n) is 10.3. The third-order valence-corrected chi connectivity index (χ3v) is 2.88. The van der Waals surface area contributed by atoms with Crippen molar-refractivity contribution in [3.8, 4) is 17.3 Å². The Morgan fingerprint density at radius 2 is 1.95 bits per heavy atom. The van der Waals surface area contributed by atoms with Crippen LogP contribution in [0.2, 0.25) is 0 Å². The summed E-state index contributed by atoms with van der Waals surface area (Å²) in [5, 5.41) is 8.90. The number of aromatic nitrogens is 1. The monoisotopic (exact) mass is 287 g/mol. The van der Waals surface area contributed by atoms with E-state index < -0.39 is 5.56 Å². The highest BCUT2D eigenvalue weighted by Gasteiger charge is 2.11. The fourth-order valence-electron chi connectivity index (χ4n) is 1.85. The van der Waals surface area contributed by atoms with Crippen molar-refractivity contribution in [2.75, 3.05) is 0 Å². The molecule has 1 aromatic heterocycles. The van der Waals surface area contributed by atoms with Gasteiger partial charge in [0.1, 0.15) is 17.4 Å². The van der Waals surface area contributed by atoms with Crippen LogP contribution in [0, 0.1) is 17.1 Å². The number of nitriles is 1. The Bertz CT molecular complexity index is 759. The number of nitrogens with zero attached hydrogens (tertiary/aromatic N) is 2. The molecule has 1 aromatic carbocycles. The summed E-state index contributed by atoms with van der Waals surface area (Å²) in [4.78, 5) is 12.3. The highest BCUT2D eigenvalue weighted by molar-refractivity contribution is 7.80. The van der Waals surface area contributed by atoms with Crippen molar-refractivity contribution in [2.24, 2.45) is 5.73 Å². The van der Waals surface area contributed by atoms with Gasteiger partial charge in [-0.1, -0.05) is 12.2 Å². The number of hydrogen-bond donors (Lipinski definition) is 1. The van der Waals surface area contributed by atoms with Gasteiger partial charge in [-0.05, 0) is 42.0 Å². The average Bonchev–Trinajstić information content (AvgIpc) is 2.42. The molecular weight excluding hydrogens is 277 g/mol. The molecule has 2 rings (SSSR count). The second kappa shape index (κ2) is 5.63. The lowest BCUT2D eigenvalue weighted by Crippen LogP contribution is -2.29. The van der Waals surface area contributed by atoms with Crippen molar-refractivity contribution >= 4 is 17.2 Å². The summed E-state index contributed by atoms with van der Waals surface area (Å²) in [6, 6.07) is 10.5. The number of nitrogens with two attached hydrogens (primary N) is 1. The normalized spacial score (nSPS) is 10.0. The Labute approximate surface area is 119 Å². The van der Waals surface area contributed by atoms with E-state index in [9.17, 15) is 9.18 Å². The Morgan fingerprint density at radius 1 is 1.30 bits per heavy atom. The summed E-state index contributed by atoms with van der Waals surface area (Å²) >= 11 is 4.82. The molecular formula is C14H10FN3OS. The maximum absolute atomic E-state index is 13.0. The second-order valence-corrected chi connectivity index (χ2v) is 4.63. The molecule has 20 heavy (non-hydrogen) atoms. The first-order chi connectivity index (χ1) is 9.52. The van der Waals surface area contributed by atoms with Gasteiger partial charge in [0.15, 0.2) is 0 Å². The van der Waals surface area contributed by atoms with Crippen LogP contribution in [-0.2, 0) is 6.54 Å². The van der Waals surface area contributed by atoms with Crippen LogP contribution in [0.15, 0.2) is 41.2 Å². The topological polar surface area (TPSA) is 71.8 Å². The van der Waals surface area contributed by atoms with E-state index in [0.29, 0.717) is 11.3 Å². The summed E-state index contributed by atoms with van der Waals surface area (Å²) in [5.74, 6) is -0.370. The minimum Gasteiger partial charge on any atom is -0.392 e. The van der Waals surface area contributed by atoms with Crippen molar-refractivity contribution in [1.29, 1.82) is 5.26 Å². The Morgan fingerprint density at radius 3 is 2.50 bits per heavy atom. The van der Waals surface area contributed by atoms with Crippen molar-refractivity contribution < 1.29 is 4.39 Å². The molecule has 2 N–H and O–H groups in total. The highest BCUT2D eigenvalue weighted by atomic mass is 32.1. The Balaban J connectivity index is 2.67. The van der Waals surface area contributed by atoms with Crippen LogP contribution in [0.1, 0.15) is 5.56 Å². The molecule has 0 bridgehead atoms. The van der Waals surface area contributed by atoms with E-state index >= 15 is 0 Å². The van der Waals surface area contributed by atoms with Gasteiger partial charge in [-0.2, -0.15) is 5.26 Å². The smallest absolute Gasteiger partial charge is 0.269 e. The van der Waals surface area contributed by atoms with Crippen LogP contribution in [0.25, 0.3) is 11.3 Å². The summed E-state index contributed by atoms with van der Waals surface area (Å²) < 4.78 is 14.3. The SMILES string of the molecule is N#Cc1ccc(-c2ccc(F)cc2)n(CC(N)=S)c1=O. The standard InChI is InChI=1S/C14H10FN3OS/c15-11-4-1-9(2-5-11)12-6-3-10(7-16)14(19)18(12)8-13(17)20/h1-6H,8H2,(H2,17,20). The molecule has 0 aliphatic carbocycles. The first-order valence-electron chi connectivity index (χ1n) is 5.71. The number of halogens is 1. The lowest BCUT2D eigenvalue weighted by Gasteiger charge is -2.12. The van der Waals surface area contributed by atoms with Crippen molar-refractivity contribution in [3.63, 3.8) is 0 Å². The first kappa shape index (κ1) is 13.9. The average molecular weight is 287 g/mol. The van der Waals surface area contributed by atoms with Crippen LogP contribution in [0.5, 0.6) is 0 Å². The van der Waals surface area contributed by atoms with Gasteiger partial charge in [-0.25, -0.2) is 4.39 Å². The number of pyridine rings is 1. The molecule has 0 saturated heterocycles. The zero-order chi connectivity index (χ0) is 14.7. The Kier molecular flexibility index (Phi) is 3.91. The van der Waals surface area contributed by atoms with Gasteiger partial charge in [-0.15, -0.1) is 0 Å². The van der Waals surface area contributed by atoms with Crippen LogP contribution in [0.4, 0.5) is 4.39 Å². The molecule has 0 unspecified atom stereocenters. The van der Waals surface area contributed by atoms with Gasteiger partial charge in [-0.3, -0.25) is 4.79 Å². The Hall–Kier alpha value is -2.52. The maximum atomic E-state index is 13.0. The van der Waals surface area contributed by atoms with Crippen LogP contribution in [-0.4, -0.2) is 9.56 Å². The lowest BCUT2D eigenvalue weighted by molar-refractivity contribution is 0.628. The summed E-state index contributed by atoms with van der Waals surface area (Å²) in [7, 11) is 0. The number of rotatable bonds is 3. The molecule has 6 heteroatoms. The lowest BCUT2D eigenvalue weighted by atomic mass is 10.1. The number of benzene rings is 1. The van der Waals surface area contributed by atoms with Crippen molar-refractivity contribution in [2.45, 2.75) is 6.54 Å². The first-order valence-corrected chi connectivity index (χ1v) is 6.12. The summed E-state index contributed by atoms with van der Waals surface area (Å²) in [5.41, 5.74) is 6.19. The minimum atomic E-state index is -0.470. The molecule has 0 saturated carbocycles. The van der Waals surface area contributed by atoms with Gasteiger partial charge in [0, 0.05) is 0 Å². The third-order valence-electron chi connectivity index (χ3n) is 2.75. The van der Waals surface area contributed by atoms with E-state index in [1.165, 1.54) is 22.8 Å². The molecule has 4 nitrogen and oxygen atoms in total. The number of thiocarbonyl (C=S) groups is 1. The van der Waals surface area contributed by atoms with Gasteiger partial charge in [0.05, 0.1) is 17.2 Å². The van der Waals surface area contributed by atoms with E-state index in [-0.39, 0.29) is 22.9 Å². The molecule has 0 aliphatic heterocycles. The molecule has 0 atom stereocenters. The van der Waals surface area contributed by atoms with E-state index in [1.807, 2.05) is 6.07 Å². The third kappa shape index (κ3) is 2.73. The summed E-state index contributed by atoms with van der Waals surface area (Å²) in [6.07, 6.45) is 0. The second-order valence-electron chi connectivity index (χ2n) is 4.11. The quantitative estimate of drug-likeness (QED) is 0.874. The van der Waals surface area contributed by atoms with Crippen molar-refractivity contribution in [3.05, 3.63) is 58.1 Å². The predicted octanol–water partition coefficient (Wildman–Crippen LogP) is 1.81.